The van der Waals surface area contributed by atoms with Crippen LogP contribution >= 0.6 is 0 Å². The van der Waals surface area contributed by atoms with Gasteiger partial charge >= 0.3 is 0 Å². The van der Waals surface area contributed by atoms with Crippen molar-refractivity contribution in [3.8, 4) is 5.75 Å². The monoisotopic (exact) mass is 489 g/mol. The van der Waals surface area contributed by atoms with Gasteiger partial charge in [-0.1, -0.05) is 0 Å². The molecule has 11 heteroatoms. The summed E-state index contributed by atoms with van der Waals surface area (Å²) < 4.78 is 12.5. The Morgan fingerprint density at radius 3 is 2.51 bits per heavy atom. The Morgan fingerprint density at radius 2 is 1.91 bits per heavy atom. The van der Waals surface area contributed by atoms with E-state index < -0.39 is 65.0 Å². The number of carbonyl (C=O) groups excluding carboxylic acids is 5. The number of amides is 1. The highest BCUT2D eigenvalue weighted by molar-refractivity contribution is 6.31. The number of carbonyl (C=O) groups is 5. The van der Waals surface area contributed by atoms with Crippen LogP contribution in [0.1, 0.15) is 34.3 Å². The number of halogens is 1. The van der Waals surface area contributed by atoms with Crippen LogP contribution in [0.25, 0.3) is 0 Å². The maximum absolute atomic E-state index is 13.7. The van der Waals surface area contributed by atoms with E-state index in [1.165, 1.54) is 0 Å². The molecule has 188 valence electrons. The maximum atomic E-state index is 13.7. The van der Waals surface area contributed by atoms with Crippen molar-refractivity contribution in [2.45, 2.75) is 31.4 Å². The molecule has 0 saturated heterocycles. The van der Waals surface area contributed by atoms with Crippen molar-refractivity contribution in [2.75, 3.05) is 32.2 Å². The van der Waals surface area contributed by atoms with Crippen LogP contribution in [0.15, 0.2) is 6.07 Å². The number of alkyl halides is 1. The largest absolute Gasteiger partial charge is 0.507 e. The molecule has 1 amide bonds. The predicted octanol–water partition coefficient (Wildman–Crippen LogP) is -0.548. The maximum Gasteiger partial charge on any atom is 0.235 e. The van der Waals surface area contributed by atoms with Gasteiger partial charge < -0.3 is 26.2 Å². The number of nitrogens with zero attached hydrogens (tertiary/aromatic N) is 1. The van der Waals surface area contributed by atoms with Crippen LogP contribution in [0, 0.1) is 23.7 Å². The Morgan fingerprint density at radius 1 is 1.23 bits per heavy atom. The second-order valence-corrected chi connectivity index (χ2v) is 9.76. The number of aromatic hydroxyl groups is 1. The highest BCUT2D eigenvalue weighted by Crippen LogP contribution is 2.51. The molecular formula is C24H28FN3O7. The van der Waals surface area contributed by atoms with Crippen molar-refractivity contribution >= 4 is 34.7 Å². The molecule has 3 aliphatic rings. The molecule has 2 saturated carbocycles. The lowest BCUT2D eigenvalue weighted by Gasteiger charge is -2.48. The zero-order valence-electron chi connectivity index (χ0n) is 19.5. The summed E-state index contributed by atoms with van der Waals surface area (Å²) in [6.45, 7) is -0.501. The number of phenols is 1. The van der Waals surface area contributed by atoms with E-state index in [0.29, 0.717) is 16.8 Å². The third-order valence-electron chi connectivity index (χ3n) is 7.53. The normalized spacial score (nSPS) is 29.9. The summed E-state index contributed by atoms with van der Waals surface area (Å²) in [5.41, 5.74) is 3.93. The smallest absolute Gasteiger partial charge is 0.235 e. The lowest BCUT2D eigenvalue weighted by Crippen LogP contribution is -2.68. The molecule has 2 unspecified atom stereocenters. The van der Waals surface area contributed by atoms with Crippen LogP contribution in [0.2, 0.25) is 0 Å². The first-order valence-electron chi connectivity index (χ1n) is 11.4. The van der Waals surface area contributed by atoms with Gasteiger partial charge in [-0.2, -0.15) is 0 Å². The number of hydrogen-bond donors (Lipinski definition) is 4. The molecule has 10 nitrogen and oxygen atoms in total. The van der Waals surface area contributed by atoms with E-state index in [1.807, 2.05) is 0 Å². The van der Waals surface area contributed by atoms with Gasteiger partial charge in [0.25, 0.3) is 0 Å². The van der Waals surface area contributed by atoms with Gasteiger partial charge in [0.2, 0.25) is 5.91 Å². The number of primary amides is 1. The standard InChI is InChI=1S/C24H28FN3O7/c1-28(2)14-7-11(9-27-4-3-25)19(30)17-13(14)6-10-5-12-8-15(29)18(23(26)34)22(33)24(12,35)21(32)16(10)20(17)31/h7,10,12,16,18,27,30,35H,3-6,8-9H2,1-2H3,(H2,26,34)/t10-,12+,16?,18?,24+/m1/s1. The number of ketones is 4. The first-order valence-corrected chi connectivity index (χ1v) is 11.4. The highest BCUT2D eigenvalue weighted by atomic mass is 19.1. The average molecular weight is 490 g/mol. The van der Waals surface area contributed by atoms with E-state index in [1.54, 1.807) is 25.1 Å². The number of Topliss-reactive ketones (excluding diaryl/α,β-unsaturated/α-hetero) is 4. The second kappa shape index (κ2) is 8.80. The van der Waals surface area contributed by atoms with Crippen molar-refractivity contribution < 1.29 is 38.6 Å². The van der Waals surface area contributed by atoms with Crippen LogP contribution in [-0.4, -0.2) is 72.2 Å². The van der Waals surface area contributed by atoms with Gasteiger partial charge in [0.05, 0.1) is 11.5 Å². The fraction of sp³-hybridized carbons (Fsp3) is 0.542. The summed E-state index contributed by atoms with van der Waals surface area (Å²) in [5, 5.41) is 25.0. The lowest BCUT2D eigenvalue weighted by molar-refractivity contribution is -0.175. The zero-order chi connectivity index (χ0) is 25.8. The average Bonchev–Trinajstić information content (AvgIpc) is 2.77. The number of benzene rings is 1. The molecule has 2 fully saturated rings. The summed E-state index contributed by atoms with van der Waals surface area (Å²) in [6, 6.07) is 1.69. The summed E-state index contributed by atoms with van der Waals surface area (Å²) in [6.07, 6.45) is -0.143. The van der Waals surface area contributed by atoms with Crippen molar-refractivity contribution in [3.63, 3.8) is 0 Å². The summed E-state index contributed by atoms with van der Waals surface area (Å²) in [7, 11) is 3.52. The molecule has 0 spiro atoms. The molecule has 0 heterocycles. The Kier molecular flexibility index (Phi) is 6.26. The predicted molar refractivity (Wildman–Crippen MR) is 121 cm³/mol. The Balaban J connectivity index is 1.80. The number of hydrogen-bond acceptors (Lipinski definition) is 9. The molecule has 5 atom stereocenters. The van der Waals surface area contributed by atoms with E-state index in [0.717, 1.165) is 0 Å². The van der Waals surface area contributed by atoms with E-state index in [-0.39, 0.29) is 43.7 Å². The number of nitrogens with two attached hydrogens (primary N) is 1. The molecule has 0 radical (unpaired) electrons. The Labute approximate surface area is 200 Å². The molecular weight excluding hydrogens is 461 g/mol. The fourth-order valence-electron chi connectivity index (χ4n) is 5.89. The third-order valence-corrected chi connectivity index (χ3v) is 7.53. The quantitative estimate of drug-likeness (QED) is 0.303. The number of rotatable bonds is 6. The van der Waals surface area contributed by atoms with Crippen LogP contribution in [0.4, 0.5) is 10.1 Å². The minimum absolute atomic E-state index is 0.0362. The van der Waals surface area contributed by atoms with Gasteiger partial charge in [-0.15, -0.1) is 0 Å². The van der Waals surface area contributed by atoms with Crippen LogP contribution in [-0.2, 0) is 32.1 Å². The van der Waals surface area contributed by atoms with Gasteiger partial charge in [0.1, 0.15) is 12.4 Å². The fourth-order valence-corrected chi connectivity index (χ4v) is 5.89. The van der Waals surface area contributed by atoms with Gasteiger partial charge in [-0.05, 0) is 30.4 Å². The molecule has 0 aliphatic heterocycles. The molecule has 1 aromatic carbocycles. The van der Waals surface area contributed by atoms with Crippen LogP contribution in [0.3, 0.4) is 0 Å². The van der Waals surface area contributed by atoms with Gasteiger partial charge in [0.15, 0.2) is 34.7 Å². The van der Waals surface area contributed by atoms with Crippen molar-refractivity contribution in [3.05, 3.63) is 22.8 Å². The number of phenolic OH excluding ortho intramolecular Hbond substituents is 1. The zero-order valence-corrected chi connectivity index (χ0v) is 19.5. The van der Waals surface area contributed by atoms with E-state index >= 15 is 0 Å². The first-order chi connectivity index (χ1) is 16.4. The highest BCUT2D eigenvalue weighted by Gasteiger charge is 2.66. The van der Waals surface area contributed by atoms with Crippen molar-refractivity contribution in [2.24, 2.45) is 29.4 Å². The summed E-state index contributed by atoms with van der Waals surface area (Å²) in [4.78, 5) is 66.1. The number of anilines is 1. The first kappa shape index (κ1) is 24.9. The third kappa shape index (κ3) is 3.64. The van der Waals surface area contributed by atoms with Crippen molar-refractivity contribution in [1.29, 1.82) is 0 Å². The van der Waals surface area contributed by atoms with E-state index in [4.69, 9.17) is 5.73 Å². The minimum Gasteiger partial charge on any atom is -0.507 e. The van der Waals surface area contributed by atoms with Crippen LogP contribution in [0.5, 0.6) is 5.75 Å². The van der Waals surface area contributed by atoms with Gasteiger partial charge in [-0.3, -0.25) is 24.0 Å². The van der Waals surface area contributed by atoms with Crippen molar-refractivity contribution in [1.82, 2.24) is 5.32 Å². The molecule has 5 N–H and O–H groups in total. The number of aliphatic hydroxyl groups is 1. The number of fused-ring (bicyclic) bond motifs is 3. The van der Waals surface area contributed by atoms with E-state index in [9.17, 15) is 38.6 Å². The minimum atomic E-state index is -2.68. The Hall–Kier alpha value is -3.18. The molecule has 4 rings (SSSR count). The molecule has 3 aliphatic carbocycles. The number of nitrogens with one attached hydrogen (secondary N) is 1. The molecule has 0 bridgehead atoms. The van der Waals surface area contributed by atoms with Crippen LogP contribution < -0.4 is 16.0 Å². The summed E-state index contributed by atoms with van der Waals surface area (Å²) >= 11 is 0. The summed E-state index contributed by atoms with van der Waals surface area (Å²) in [5.74, 6) is -10.5. The second-order valence-electron chi connectivity index (χ2n) is 9.76. The van der Waals surface area contributed by atoms with Gasteiger partial charge in [-0.25, -0.2) is 4.39 Å². The lowest BCUT2D eigenvalue weighted by atomic mass is 9.53. The topological polar surface area (TPSA) is 167 Å². The Bertz CT molecular complexity index is 1150. The SMILES string of the molecule is CN(C)c1cc(CNCCF)c(O)c2c1C[C@H]1C[C@H]3CC(=O)C(C(N)=O)C(=O)[C@@]3(O)C(=O)C1C2=O. The molecule has 1 aromatic rings. The molecule has 0 aromatic heterocycles. The molecule has 35 heavy (non-hydrogen) atoms. The van der Waals surface area contributed by atoms with E-state index in [2.05, 4.69) is 5.32 Å². The van der Waals surface area contributed by atoms with Gasteiger partial charge in [0, 0.05) is 50.8 Å².